The van der Waals surface area contributed by atoms with Crippen molar-refractivity contribution in [1.29, 1.82) is 0 Å². The molecule has 0 amide bonds. The predicted molar refractivity (Wildman–Crippen MR) is 66.5 cm³/mol. The Morgan fingerprint density at radius 1 is 1.29 bits per heavy atom. The summed E-state index contributed by atoms with van der Waals surface area (Å²) in [6, 6.07) is 8.33. The van der Waals surface area contributed by atoms with Gasteiger partial charge in [0.2, 0.25) is 0 Å². The van der Waals surface area contributed by atoms with Crippen LogP contribution >= 0.6 is 0 Å². The highest BCUT2D eigenvalue weighted by Crippen LogP contribution is 2.33. The van der Waals surface area contributed by atoms with Gasteiger partial charge in [-0.1, -0.05) is 18.2 Å². The SMILES string of the molecule is c1ccc2c(c1)OCCC2COC1CCNC1. The maximum absolute atomic E-state index is 5.98. The molecule has 2 unspecified atom stereocenters. The topological polar surface area (TPSA) is 30.5 Å². The Bertz CT molecular complexity index is 374. The summed E-state index contributed by atoms with van der Waals surface area (Å²) >= 11 is 0. The second-order valence-corrected chi connectivity index (χ2v) is 4.82. The molecule has 1 fully saturated rings. The first-order valence-corrected chi connectivity index (χ1v) is 6.47. The fraction of sp³-hybridized carbons (Fsp3) is 0.571. The highest BCUT2D eigenvalue weighted by Gasteiger charge is 2.23. The van der Waals surface area contributed by atoms with Crippen LogP contribution < -0.4 is 10.1 Å². The number of hydrogen-bond donors (Lipinski definition) is 1. The molecule has 1 saturated heterocycles. The molecule has 1 N–H and O–H groups in total. The number of hydrogen-bond acceptors (Lipinski definition) is 3. The van der Waals surface area contributed by atoms with Gasteiger partial charge in [-0.15, -0.1) is 0 Å². The number of benzene rings is 1. The van der Waals surface area contributed by atoms with Gasteiger partial charge in [0.25, 0.3) is 0 Å². The molecular formula is C14H19NO2. The lowest BCUT2D eigenvalue weighted by Gasteiger charge is -2.26. The number of para-hydroxylation sites is 1. The Morgan fingerprint density at radius 3 is 3.12 bits per heavy atom. The predicted octanol–water partition coefficient (Wildman–Crippen LogP) is 1.93. The van der Waals surface area contributed by atoms with E-state index < -0.39 is 0 Å². The van der Waals surface area contributed by atoms with Crippen molar-refractivity contribution in [1.82, 2.24) is 5.32 Å². The van der Waals surface area contributed by atoms with Gasteiger partial charge in [-0.05, 0) is 31.0 Å². The minimum atomic E-state index is 0.407. The molecule has 17 heavy (non-hydrogen) atoms. The largest absolute Gasteiger partial charge is 0.493 e. The van der Waals surface area contributed by atoms with Crippen molar-refractivity contribution in [3.63, 3.8) is 0 Å². The summed E-state index contributed by atoms with van der Waals surface area (Å²) in [5.41, 5.74) is 1.31. The molecule has 1 aromatic carbocycles. The monoisotopic (exact) mass is 233 g/mol. The molecule has 3 heteroatoms. The van der Waals surface area contributed by atoms with Crippen molar-refractivity contribution < 1.29 is 9.47 Å². The molecule has 92 valence electrons. The van der Waals surface area contributed by atoms with Crippen LogP contribution in [0.5, 0.6) is 5.75 Å². The molecule has 0 bridgehead atoms. The Balaban J connectivity index is 1.64. The summed E-state index contributed by atoms with van der Waals surface area (Å²) < 4.78 is 11.6. The van der Waals surface area contributed by atoms with Crippen molar-refractivity contribution in [3.8, 4) is 5.75 Å². The maximum Gasteiger partial charge on any atom is 0.122 e. The highest BCUT2D eigenvalue weighted by atomic mass is 16.5. The molecule has 0 radical (unpaired) electrons. The Labute approximate surface area is 102 Å². The van der Waals surface area contributed by atoms with Gasteiger partial charge in [-0.3, -0.25) is 0 Å². The van der Waals surface area contributed by atoms with Gasteiger partial charge in [0, 0.05) is 12.5 Å². The van der Waals surface area contributed by atoms with E-state index in [2.05, 4.69) is 23.5 Å². The van der Waals surface area contributed by atoms with Crippen LogP contribution in [0.15, 0.2) is 24.3 Å². The highest BCUT2D eigenvalue weighted by molar-refractivity contribution is 5.37. The fourth-order valence-corrected chi connectivity index (χ4v) is 2.61. The Hall–Kier alpha value is -1.06. The first kappa shape index (κ1) is 11.1. The first-order valence-electron chi connectivity index (χ1n) is 6.47. The lowest BCUT2D eigenvalue weighted by Crippen LogP contribution is -2.23. The van der Waals surface area contributed by atoms with Crippen LogP contribution in [0.25, 0.3) is 0 Å². The Morgan fingerprint density at radius 2 is 2.24 bits per heavy atom. The van der Waals surface area contributed by atoms with E-state index in [4.69, 9.17) is 9.47 Å². The zero-order chi connectivity index (χ0) is 11.5. The van der Waals surface area contributed by atoms with Gasteiger partial charge in [-0.2, -0.15) is 0 Å². The molecule has 3 rings (SSSR count). The van der Waals surface area contributed by atoms with Crippen LogP contribution in [0.4, 0.5) is 0 Å². The number of rotatable bonds is 3. The molecular weight excluding hydrogens is 214 g/mol. The van der Waals surface area contributed by atoms with Crippen LogP contribution in [0.1, 0.15) is 24.3 Å². The second kappa shape index (κ2) is 5.07. The Kier molecular flexibility index (Phi) is 3.29. The van der Waals surface area contributed by atoms with E-state index >= 15 is 0 Å². The molecule has 3 nitrogen and oxygen atoms in total. The molecule has 1 aromatic rings. The molecule has 2 atom stereocenters. The third-order valence-electron chi connectivity index (χ3n) is 3.63. The first-order chi connectivity index (χ1) is 8.43. The fourth-order valence-electron chi connectivity index (χ4n) is 2.61. The number of fused-ring (bicyclic) bond motifs is 1. The van der Waals surface area contributed by atoms with Gasteiger partial charge in [0.05, 0.1) is 19.3 Å². The lowest BCUT2D eigenvalue weighted by molar-refractivity contribution is 0.0486. The summed E-state index contributed by atoms with van der Waals surface area (Å²) in [5.74, 6) is 1.54. The van der Waals surface area contributed by atoms with Gasteiger partial charge in [0.15, 0.2) is 0 Å². The third-order valence-corrected chi connectivity index (χ3v) is 3.63. The maximum atomic E-state index is 5.98. The van der Waals surface area contributed by atoms with E-state index in [0.29, 0.717) is 12.0 Å². The van der Waals surface area contributed by atoms with Crippen LogP contribution in [0.2, 0.25) is 0 Å². The van der Waals surface area contributed by atoms with Crippen LogP contribution in [-0.4, -0.2) is 32.4 Å². The molecule has 2 heterocycles. The minimum absolute atomic E-state index is 0.407. The van der Waals surface area contributed by atoms with Gasteiger partial charge >= 0.3 is 0 Å². The van der Waals surface area contributed by atoms with Crippen molar-refractivity contribution in [2.75, 3.05) is 26.3 Å². The zero-order valence-electron chi connectivity index (χ0n) is 10.0. The van der Waals surface area contributed by atoms with E-state index in [1.807, 2.05) is 6.07 Å². The van der Waals surface area contributed by atoms with Crippen molar-refractivity contribution in [3.05, 3.63) is 29.8 Å². The van der Waals surface area contributed by atoms with Gasteiger partial charge in [-0.25, -0.2) is 0 Å². The normalized spacial score (nSPS) is 27.5. The number of ether oxygens (including phenoxy) is 2. The van der Waals surface area contributed by atoms with E-state index in [-0.39, 0.29) is 0 Å². The molecule has 0 spiro atoms. The van der Waals surface area contributed by atoms with Crippen LogP contribution in [0, 0.1) is 0 Å². The van der Waals surface area contributed by atoms with E-state index in [1.165, 1.54) is 5.56 Å². The zero-order valence-corrected chi connectivity index (χ0v) is 10.0. The number of nitrogens with one attached hydrogen (secondary N) is 1. The minimum Gasteiger partial charge on any atom is -0.493 e. The standard InChI is InChI=1S/C14H19NO2/c1-2-4-14-13(3-1)11(6-8-16-14)10-17-12-5-7-15-9-12/h1-4,11-12,15H,5-10H2. The summed E-state index contributed by atoms with van der Waals surface area (Å²) in [6.07, 6.45) is 2.62. The molecule has 0 aromatic heterocycles. The average molecular weight is 233 g/mol. The van der Waals surface area contributed by atoms with Gasteiger partial charge < -0.3 is 14.8 Å². The summed E-state index contributed by atoms with van der Waals surface area (Å²) in [7, 11) is 0. The van der Waals surface area contributed by atoms with Crippen LogP contribution in [0.3, 0.4) is 0 Å². The lowest BCUT2D eigenvalue weighted by atomic mass is 9.94. The molecule has 0 aliphatic carbocycles. The molecule has 2 aliphatic heterocycles. The van der Waals surface area contributed by atoms with Crippen molar-refractivity contribution >= 4 is 0 Å². The summed E-state index contributed by atoms with van der Waals surface area (Å²) in [6.45, 7) is 3.74. The summed E-state index contributed by atoms with van der Waals surface area (Å²) in [4.78, 5) is 0. The van der Waals surface area contributed by atoms with E-state index in [9.17, 15) is 0 Å². The smallest absolute Gasteiger partial charge is 0.122 e. The average Bonchev–Trinajstić information content (AvgIpc) is 2.89. The molecule has 0 saturated carbocycles. The summed E-state index contributed by atoms with van der Waals surface area (Å²) in [5, 5.41) is 3.33. The van der Waals surface area contributed by atoms with E-state index in [0.717, 1.165) is 44.9 Å². The van der Waals surface area contributed by atoms with Crippen molar-refractivity contribution in [2.45, 2.75) is 24.9 Å². The van der Waals surface area contributed by atoms with Crippen LogP contribution in [-0.2, 0) is 4.74 Å². The second-order valence-electron chi connectivity index (χ2n) is 4.82. The third kappa shape index (κ3) is 2.45. The van der Waals surface area contributed by atoms with Crippen molar-refractivity contribution in [2.24, 2.45) is 0 Å². The van der Waals surface area contributed by atoms with E-state index in [1.54, 1.807) is 0 Å². The van der Waals surface area contributed by atoms with Gasteiger partial charge in [0.1, 0.15) is 5.75 Å². The molecule has 2 aliphatic rings. The quantitative estimate of drug-likeness (QED) is 0.865.